The molecular formula is C18H20F3N3O. The lowest BCUT2D eigenvalue weighted by Crippen LogP contribution is -2.38. The van der Waals surface area contributed by atoms with Gasteiger partial charge in [0.15, 0.2) is 0 Å². The van der Waals surface area contributed by atoms with E-state index < -0.39 is 24.5 Å². The molecule has 0 fully saturated rings. The third kappa shape index (κ3) is 4.03. The molecule has 2 aromatic rings. The number of nitrogens with zero attached hydrogens (tertiary/aromatic N) is 2. The van der Waals surface area contributed by atoms with Crippen LogP contribution in [0.25, 0.3) is 5.69 Å². The molecule has 1 atom stereocenters. The Morgan fingerprint density at radius 3 is 2.64 bits per heavy atom. The van der Waals surface area contributed by atoms with Gasteiger partial charge in [-0.2, -0.15) is 18.3 Å². The summed E-state index contributed by atoms with van der Waals surface area (Å²) in [5.41, 5.74) is 2.45. The van der Waals surface area contributed by atoms with E-state index in [1.807, 2.05) is 44.2 Å². The molecule has 25 heavy (non-hydrogen) atoms. The molecule has 0 saturated heterocycles. The van der Waals surface area contributed by atoms with Crippen LogP contribution in [0.1, 0.15) is 44.0 Å². The number of rotatable bonds is 3. The standard InChI is InChI=1S/C18H20F3N3O/c1-17(2)8-14(23-16(25)10-18(19,20)21)13-11-22-24(15(13)9-17)12-6-4-3-5-7-12/h3-7,11,14H,8-10H2,1-2H3,(H,23,25)/t14-/m1/s1. The molecule has 4 nitrogen and oxygen atoms in total. The largest absolute Gasteiger partial charge is 0.397 e. The van der Waals surface area contributed by atoms with Crippen molar-refractivity contribution in [3.63, 3.8) is 0 Å². The number of carbonyl (C=O) groups excluding carboxylic acids is 1. The first kappa shape index (κ1) is 17.5. The zero-order chi connectivity index (χ0) is 18.2. The zero-order valence-electron chi connectivity index (χ0n) is 14.1. The fraction of sp³-hybridized carbons (Fsp3) is 0.444. The van der Waals surface area contributed by atoms with Crippen LogP contribution in [0.2, 0.25) is 0 Å². The lowest BCUT2D eigenvalue weighted by molar-refractivity contribution is -0.154. The van der Waals surface area contributed by atoms with Crippen molar-refractivity contribution in [1.82, 2.24) is 15.1 Å². The number of halogens is 3. The van der Waals surface area contributed by atoms with Crippen LogP contribution in [0.4, 0.5) is 13.2 Å². The SMILES string of the molecule is CC1(C)Cc2c(cnn2-c2ccccc2)[C@H](NC(=O)CC(F)(F)F)C1. The van der Waals surface area contributed by atoms with Gasteiger partial charge in [-0.25, -0.2) is 4.68 Å². The quantitative estimate of drug-likeness (QED) is 0.910. The highest BCUT2D eigenvalue weighted by atomic mass is 19.4. The molecule has 0 unspecified atom stereocenters. The summed E-state index contributed by atoms with van der Waals surface area (Å²) >= 11 is 0. The lowest BCUT2D eigenvalue weighted by Gasteiger charge is -2.36. The molecule has 3 rings (SSSR count). The molecule has 1 aliphatic carbocycles. The maximum absolute atomic E-state index is 12.5. The van der Waals surface area contributed by atoms with E-state index in [4.69, 9.17) is 0 Å². The van der Waals surface area contributed by atoms with Gasteiger partial charge in [0.1, 0.15) is 6.42 Å². The van der Waals surface area contributed by atoms with E-state index in [1.54, 1.807) is 10.9 Å². The van der Waals surface area contributed by atoms with Gasteiger partial charge in [0.25, 0.3) is 0 Å². The van der Waals surface area contributed by atoms with Crippen molar-refractivity contribution < 1.29 is 18.0 Å². The number of para-hydroxylation sites is 1. The van der Waals surface area contributed by atoms with E-state index in [2.05, 4.69) is 10.4 Å². The van der Waals surface area contributed by atoms with E-state index in [0.717, 1.165) is 23.4 Å². The summed E-state index contributed by atoms with van der Waals surface area (Å²) in [6, 6.07) is 9.09. The molecule has 0 radical (unpaired) electrons. The van der Waals surface area contributed by atoms with E-state index in [0.29, 0.717) is 6.42 Å². The van der Waals surface area contributed by atoms with Crippen LogP contribution in [-0.4, -0.2) is 21.9 Å². The highest BCUT2D eigenvalue weighted by Crippen LogP contribution is 2.41. The van der Waals surface area contributed by atoms with E-state index >= 15 is 0 Å². The fourth-order valence-electron chi connectivity index (χ4n) is 3.39. The van der Waals surface area contributed by atoms with Crippen molar-refractivity contribution in [3.05, 3.63) is 47.8 Å². The number of hydrogen-bond acceptors (Lipinski definition) is 2. The minimum absolute atomic E-state index is 0.157. The minimum Gasteiger partial charge on any atom is -0.349 e. The molecule has 134 valence electrons. The fourth-order valence-corrected chi connectivity index (χ4v) is 3.39. The number of nitrogens with one attached hydrogen (secondary N) is 1. The van der Waals surface area contributed by atoms with E-state index in [-0.39, 0.29) is 5.41 Å². The molecule has 0 aliphatic heterocycles. The Labute approximate surface area is 144 Å². The van der Waals surface area contributed by atoms with Gasteiger partial charge in [-0.1, -0.05) is 32.0 Å². The zero-order valence-corrected chi connectivity index (χ0v) is 14.1. The van der Waals surface area contributed by atoms with Crippen LogP contribution >= 0.6 is 0 Å². The minimum atomic E-state index is -4.51. The molecule has 0 spiro atoms. The van der Waals surface area contributed by atoms with Crippen LogP contribution in [0.15, 0.2) is 36.5 Å². The molecule has 7 heteroatoms. The van der Waals surface area contributed by atoms with Gasteiger partial charge in [0.2, 0.25) is 5.91 Å². The van der Waals surface area contributed by atoms with E-state index in [9.17, 15) is 18.0 Å². The monoisotopic (exact) mass is 351 g/mol. The number of aromatic nitrogens is 2. The van der Waals surface area contributed by atoms with Crippen LogP contribution in [0.5, 0.6) is 0 Å². The molecule has 1 aromatic carbocycles. The first-order valence-electron chi connectivity index (χ1n) is 8.13. The van der Waals surface area contributed by atoms with Crippen molar-refractivity contribution in [2.24, 2.45) is 5.41 Å². The van der Waals surface area contributed by atoms with Gasteiger partial charge in [-0.05, 0) is 30.4 Å². The van der Waals surface area contributed by atoms with Crippen LogP contribution in [-0.2, 0) is 11.2 Å². The van der Waals surface area contributed by atoms with Gasteiger partial charge in [0.05, 0.1) is 23.6 Å². The summed E-state index contributed by atoms with van der Waals surface area (Å²) in [6.45, 7) is 4.09. The lowest BCUT2D eigenvalue weighted by atomic mass is 9.74. The highest BCUT2D eigenvalue weighted by molar-refractivity contribution is 5.77. The maximum atomic E-state index is 12.5. The number of fused-ring (bicyclic) bond motifs is 1. The molecule has 0 saturated carbocycles. The average molecular weight is 351 g/mol. The Hall–Kier alpha value is -2.31. The Balaban J connectivity index is 1.91. The van der Waals surface area contributed by atoms with E-state index in [1.165, 1.54) is 0 Å². The first-order valence-corrected chi connectivity index (χ1v) is 8.13. The number of carbonyl (C=O) groups is 1. The van der Waals surface area contributed by atoms with Gasteiger partial charge >= 0.3 is 6.18 Å². The van der Waals surface area contributed by atoms with Gasteiger partial charge in [-0.3, -0.25) is 4.79 Å². The third-order valence-corrected chi connectivity index (χ3v) is 4.38. The Bertz CT molecular complexity index is 766. The predicted molar refractivity (Wildman–Crippen MR) is 87.2 cm³/mol. The second-order valence-corrected chi connectivity index (χ2v) is 7.25. The normalized spacial score (nSPS) is 19.3. The van der Waals surface area contributed by atoms with Gasteiger partial charge in [0, 0.05) is 5.56 Å². The number of amides is 1. The van der Waals surface area contributed by atoms with Crippen molar-refractivity contribution in [1.29, 1.82) is 0 Å². The number of benzene rings is 1. The Morgan fingerprint density at radius 1 is 1.32 bits per heavy atom. The van der Waals surface area contributed by atoms with Crippen LogP contribution in [0.3, 0.4) is 0 Å². The average Bonchev–Trinajstić information content (AvgIpc) is 2.88. The topological polar surface area (TPSA) is 46.9 Å². The molecule has 1 N–H and O–H groups in total. The number of alkyl halides is 3. The summed E-state index contributed by atoms with van der Waals surface area (Å²) < 4.78 is 39.2. The van der Waals surface area contributed by atoms with Crippen LogP contribution in [0, 0.1) is 5.41 Å². The molecule has 0 bridgehead atoms. The van der Waals surface area contributed by atoms with Crippen LogP contribution < -0.4 is 5.32 Å². The maximum Gasteiger partial charge on any atom is 0.397 e. The first-order chi connectivity index (χ1) is 11.6. The summed E-state index contributed by atoms with van der Waals surface area (Å²) in [5, 5.41) is 6.95. The summed E-state index contributed by atoms with van der Waals surface area (Å²) in [4.78, 5) is 11.8. The summed E-state index contributed by atoms with van der Waals surface area (Å²) in [6.07, 6.45) is -3.01. The Morgan fingerprint density at radius 2 is 2.00 bits per heavy atom. The van der Waals surface area contributed by atoms with Crippen molar-refractivity contribution in [2.75, 3.05) is 0 Å². The van der Waals surface area contributed by atoms with Crippen molar-refractivity contribution in [2.45, 2.75) is 45.3 Å². The molecule has 1 amide bonds. The highest BCUT2D eigenvalue weighted by Gasteiger charge is 2.38. The Kier molecular flexibility index (Phi) is 4.34. The van der Waals surface area contributed by atoms with Gasteiger partial charge in [-0.15, -0.1) is 0 Å². The molecular weight excluding hydrogens is 331 g/mol. The second-order valence-electron chi connectivity index (χ2n) is 7.25. The van der Waals surface area contributed by atoms with Crippen molar-refractivity contribution in [3.8, 4) is 5.69 Å². The second kappa shape index (κ2) is 6.20. The molecule has 1 aromatic heterocycles. The van der Waals surface area contributed by atoms with Gasteiger partial charge < -0.3 is 5.32 Å². The number of hydrogen-bond donors (Lipinski definition) is 1. The molecule has 1 heterocycles. The van der Waals surface area contributed by atoms with Crippen molar-refractivity contribution >= 4 is 5.91 Å². The summed E-state index contributed by atoms with van der Waals surface area (Å²) in [7, 11) is 0. The summed E-state index contributed by atoms with van der Waals surface area (Å²) in [5.74, 6) is -1.01. The smallest absolute Gasteiger partial charge is 0.349 e. The molecule has 1 aliphatic rings. The third-order valence-electron chi connectivity index (χ3n) is 4.38. The predicted octanol–water partition coefficient (Wildman–Crippen LogP) is 3.95.